The van der Waals surface area contributed by atoms with E-state index in [0.29, 0.717) is 60.7 Å². The predicted octanol–water partition coefficient (Wildman–Crippen LogP) is 1.65. The molecule has 2 aliphatic heterocycles. The zero-order valence-electron chi connectivity index (χ0n) is 11.9. The van der Waals surface area contributed by atoms with E-state index in [0.717, 1.165) is 0 Å². The molecule has 2 heterocycles. The number of halogens is 2. The summed E-state index contributed by atoms with van der Waals surface area (Å²) in [6.45, 7) is 2.19. The van der Waals surface area contributed by atoms with Crippen LogP contribution in [-0.4, -0.2) is 54.9 Å². The number of rotatable bonds is 1. The molecule has 0 bridgehead atoms. The number of benzene rings is 1. The highest BCUT2D eigenvalue weighted by atomic mass is 79.9. The van der Waals surface area contributed by atoms with Gasteiger partial charge in [-0.05, 0) is 28.4 Å². The molecule has 8 heteroatoms. The van der Waals surface area contributed by atoms with E-state index >= 15 is 0 Å². The van der Waals surface area contributed by atoms with Crippen LogP contribution in [-0.2, 0) is 6.42 Å². The largest absolute Gasteiger partial charge is 0.490 e. The van der Waals surface area contributed by atoms with Crippen LogP contribution in [0.4, 0.5) is 14.9 Å². The average Bonchev–Trinajstić information content (AvgIpc) is 2.51. The van der Waals surface area contributed by atoms with E-state index in [1.807, 2.05) is 4.90 Å². The van der Waals surface area contributed by atoms with Gasteiger partial charge in [-0.25, -0.2) is 9.18 Å². The lowest BCUT2D eigenvalue weighted by Crippen LogP contribution is -2.48. The van der Waals surface area contributed by atoms with Gasteiger partial charge in [0.15, 0.2) is 0 Å². The third kappa shape index (κ3) is 2.72. The minimum Gasteiger partial charge on any atom is -0.490 e. The van der Waals surface area contributed by atoms with Gasteiger partial charge in [0.1, 0.15) is 18.2 Å². The summed E-state index contributed by atoms with van der Waals surface area (Å²) in [5.74, 6) is 0.182. The molecule has 6 nitrogen and oxygen atoms in total. The first-order valence-electron chi connectivity index (χ1n) is 7.09. The summed E-state index contributed by atoms with van der Waals surface area (Å²) in [6.07, 6.45) is -0.472. The lowest BCUT2D eigenvalue weighted by molar-refractivity contribution is 0.142. The summed E-state index contributed by atoms with van der Waals surface area (Å²) in [5, 5.41) is 8.98. The van der Waals surface area contributed by atoms with E-state index in [4.69, 9.17) is 15.6 Å². The third-order valence-corrected chi connectivity index (χ3v) is 4.82. The first kappa shape index (κ1) is 15.4. The monoisotopic (exact) mass is 373 g/mol. The minimum absolute atomic E-state index is 0.195. The summed E-state index contributed by atoms with van der Waals surface area (Å²) in [4.78, 5) is 14.3. The Labute approximate surface area is 135 Å². The second kappa shape index (κ2) is 5.92. The molecule has 1 aromatic carbocycles. The van der Waals surface area contributed by atoms with Crippen LogP contribution in [0.3, 0.4) is 0 Å². The van der Waals surface area contributed by atoms with E-state index in [-0.39, 0.29) is 11.9 Å². The summed E-state index contributed by atoms with van der Waals surface area (Å²) < 4.78 is 20.7. The molecule has 0 saturated carbocycles. The van der Waals surface area contributed by atoms with Crippen LogP contribution < -0.4 is 15.4 Å². The zero-order valence-corrected chi connectivity index (χ0v) is 13.5. The van der Waals surface area contributed by atoms with Crippen LogP contribution in [0.2, 0.25) is 0 Å². The number of ether oxygens (including phenoxy) is 1. The van der Waals surface area contributed by atoms with E-state index in [1.54, 1.807) is 0 Å². The van der Waals surface area contributed by atoms with Gasteiger partial charge in [-0.3, -0.25) is 0 Å². The van der Waals surface area contributed by atoms with Crippen molar-refractivity contribution in [2.24, 2.45) is 5.73 Å². The average molecular weight is 374 g/mol. The number of nitrogens with two attached hydrogens (primary N) is 1. The van der Waals surface area contributed by atoms with Crippen molar-refractivity contribution in [3.63, 3.8) is 0 Å². The topological polar surface area (TPSA) is 79.0 Å². The first-order chi connectivity index (χ1) is 10.5. The first-order valence-corrected chi connectivity index (χ1v) is 7.88. The number of piperazine rings is 1. The van der Waals surface area contributed by atoms with Crippen molar-refractivity contribution in [1.29, 1.82) is 0 Å². The standard InChI is InChI=1S/C14H17BrFN3O3/c15-12-11(18-1-3-19(4-2-18)14(20)21)6-10(16)9-5-8(17)7-22-13(9)12/h6,8H,1-5,7,17H2,(H,20,21). The Bertz CT molecular complexity index is 605. The second-order valence-electron chi connectivity index (χ2n) is 5.53. The second-order valence-corrected chi connectivity index (χ2v) is 6.32. The molecule has 2 aliphatic rings. The molecule has 0 aliphatic carbocycles. The number of nitrogens with zero attached hydrogens (tertiary/aromatic N) is 2. The number of carbonyl (C=O) groups is 1. The van der Waals surface area contributed by atoms with Gasteiger partial charge in [0, 0.05) is 37.8 Å². The van der Waals surface area contributed by atoms with Gasteiger partial charge in [-0.1, -0.05) is 0 Å². The van der Waals surface area contributed by atoms with Crippen molar-refractivity contribution in [1.82, 2.24) is 4.90 Å². The highest BCUT2D eigenvalue weighted by molar-refractivity contribution is 9.10. The van der Waals surface area contributed by atoms with Crippen molar-refractivity contribution in [3.8, 4) is 5.75 Å². The molecule has 1 atom stereocenters. The number of anilines is 1. The molecule has 1 amide bonds. The van der Waals surface area contributed by atoms with Gasteiger partial charge >= 0.3 is 6.09 Å². The fourth-order valence-electron chi connectivity index (χ4n) is 2.85. The third-order valence-electron chi connectivity index (χ3n) is 4.05. The van der Waals surface area contributed by atoms with E-state index in [2.05, 4.69) is 15.9 Å². The lowest BCUT2D eigenvalue weighted by Gasteiger charge is -2.36. The summed E-state index contributed by atoms with van der Waals surface area (Å²) in [6, 6.07) is 1.28. The molecule has 120 valence electrons. The molecule has 3 rings (SSSR count). The van der Waals surface area contributed by atoms with Gasteiger partial charge in [0.05, 0.1) is 10.2 Å². The zero-order chi connectivity index (χ0) is 15.9. The fraction of sp³-hybridized carbons (Fsp3) is 0.500. The van der Waals surface area contributed by atoms with Crippen LogP contribution >= 0.6 is 15.9 Å². The molecular formula is C14H17BrFN3O3. The normalized spacial score (nSPS) is 21.3. The highest BCUT2D eigenvalue weighted by Crippen LogP contribution is 2.41. The molecule has 0 radical (unpaired) electrons. The Morgan fingerprint density at radius 1 is 1.41 bits per heavy atom. The van der Waals surface area contributed by atoms with Gasteiger partial charge < -0.3 is 25.4 Å². The van der Waals surface area contributed by atoms with Gasteiger partial charge in [0.25, 0.3) is 0 Å². The molecule has 1 unspecified atom stereocenters. The number of amides is 1. The molecule has 1 saturated heterocycles. The van der Waals surface area contributed by atoms with Crippen LogP contribution in [0.1, 0.15) is 5.56 Å². The van der Waals surface area contributed by atoms with Crippen molar-refractivity contribution in [3.05, 3.63) is 21.9 Å². The summed E-state index contributed by atoms with van der Waals surface area (Å²) in [7, 11) is 0. The summed E-state index contributed by atoms with van der Waals surface area (Å²) in [5.41, 5.74) is 7.00. The van der Waals surface area contributed by atoms with E-state index in [9.17, 15) is 9.18 Å². The predicted molar refractivity (Wildman–Crippen MR) is 83.1 cm³/mol. The maximum absolute atomic E-state index is 14.4. The molecule has 0 spiro atoms. The van der Waals surface area contributed by atoms with Gasteiger partial charge in [-0.2, -0.15) is 0 Å². The van der Waals surface area contributed by atoms with Crippen molar-refractivity contribution in [2.45, 2.75) is 12.5 Å². The lowest BCUT2D eigenvalue weighted by atomic mass is 10.0. The maximum atomic E-state index is 14.4. The van der Waals surface area contributed by atoms with E-state index < -0.39 is 6.09 Å². The molecule has 1 fully saturated rings. The van der Waals surface area contributed by atoms with Crippen LogP contribution in [0, 0.1) is 5.82 Å². The van der Waals surface area contributed by atoms with Crippen LogP contribution in [0.5, 0.6) is 5.75 Å². The SMILES string of the molecule is NC1COc2c(Br)c(N3CCN(C(=O)O)CC3)cc(F)c2C1. The number of carboxylic acid groups (broad SMARTS) is 1. The fourth-order valence-corrected chi connectivity index (χ4v) is 3.57. The van der Waals surface area contributed by atoms with Crippen molar-refractivity contribution >= 4 is 27.7 Å². The molecule has 1 aromatic rings. The number of hydrogen-bond acceptors (Lipinski definition) is 4. The van der Waals surface area contributed by atoms with Gasteiger partial charge in [-0.15, -0.1) is 0 Å². The smallest absolute Gasteiger partial charge is 0.407 e. The Balaban J connectivity index is 1.87. The minimum atomic E-state index is -0.923. The van der Waals surface area contributed by atoms with Crippen molar-refractivity contribution < 1.29 is 19.0 Å². The molecule has 22 heavy (non-hydrogen) atoms. The quantitative estimate of drug-likeness (QED) is 0.782. The molecular weight excluding hydrogens is 357 g/mol. The summed E-state index contributed by atoms with van der Waals surface area (Å²) >= 11 is 3.50. The molecule has 3 N–H and O–H groups in total. The van der Waals surface area contributed by atoms with E-state index in [1.165, 1.54) is 11.0 Å². The Kier molecular flexibility index (Phi) is 4.14. The van der Waals surface area contributed by atoms with Crippen molar-refractivity contribution in [2.75, 3.05) is 37.7 Å². The van der Waals surface area contributed by atoms with Crippen LogP contribution in [0.15, 0.2) is 10.5 Å². The van der Waals surface area contributed by atoms with Crippen LogP contribution in [0.25, 0.3) is 0 Å². The maximum Gasteiger partial charge on any atom is 0.407 e. The molecule has 0 aromatic heterocycles. The highest BCUT2D eigenvalue weighted by Gasteiger charge is 2.28. The Hall–Kier alpha value is -1.54. The Morgan fingerprint density at radius 2 is 2.09 bits per heavy atom. The van der Waals surface area contributed by atoms with Gasteiger partial charge in [0.2, 0.25) is 0 Å². The number of hydrogen-bond donors (Lipinski definition) is 2. The Morgan fingerprint density at radius 3 is 2.73 bits per heavy atom. The number of fused-ring (bicyclic) bond motifs is 1.